The lowest BCUT2D eigenvalue weighted by Gasteiger charge is -2.14. The summed E-state index contributed by atoms with van der Waals surface area (Å²) in [7, 11) is 1.51. The van der Waals surface area contributed by atoms with Crippen molar-refractivity contribution >= 4 is 23.2 Å². The monoisotopic (exact) mass is 426 g/mol. The van der Waals surface area contributed by atoms with Crippen LogP contribution >= 0.6 is 11.6 Å². The topological polar surface area (TPSA) is 69.7 Å². The number of methoxy groups -OCH3 is 1. The Morgan fingerprint density at radius 2 is 1.97 bits per heavy atom. The Morgan fingerprint density at radius 1 is 1.10 bits per heavy atom. The third kappa shape index (κ3) is 5.64. The maximum Gasteiger partial charge on any atom is 0.255 e. The Labute approximate surface area is 180 Å². The highest BCUT2D eigenvalue weighted by molar-refractivity contribution is 6.32. The molecule has 0 aliphatic heterocycles. The molecule has 1 heterocycles. The smallest absolute Gasteiger partial charge is 0.255 e. The average molecular weight is 427 g/mol. The van der Waals surface area contributed by atoms with Gasteiger partial charge in [-0.15, -0.1) is 0 Å². The van der Waals surface area contributed by atoms with E-state index in [4.69, 9.17) is 25.8 Å². The third-order valence-corrected chi connectivity index (χ3v) is 4.43. The number of hydrogen-bond acceptors (Lipinski definition) is 5. The standard InChI is InChI=1S/C23H23ClN2O4/c1-3-11-29-22-20(24)12-16(13-21(22)28-2)23(27)26-17-8-6-9-19(14-17)30-15-18-7-4-5-10-25-18/h4-10,12-14H,3,11,15H2,1-2H3,(H,26,27). The SMILES string of the molecule is CCCOc1c(Cl)cc(C(=O)Nc2cccc(OCc3ccccn3)c2)cc1OC. The molecule has 0 radical (unpaired) electrons. The number of halogens is 1. The first kappa shape index (κ1) is 21.5. The fourth-order valence-corrected chi connectivity index (χ4v) is 2.97. The average Bonchev–Trinajstić information content (AvgIpc) is 2.77. The van der Waals surface area contributed by atoms with Gasteiger partial charge in [0.05, 0.1) is 24.4 Å². The zero-order valence-corrected chi connectivity index (χ0v) is 17.6. The summed E-state index contributed by atoms with van der Waals surface area (Å²) in [6, 6.07) is 16.0. The van der Waals surface area contributed by atoms with E-state index in [1.54, 1.807) is 36.5 Å². The summed E-state index contributed by atoms with van der Waals surface area (Å²) in [6.07, 6.45) is 2.55. The number of pyridine rings is 1. The zero-order valence-electron chi connectivity index (χ0n) is 16.9. The lowest BCUT2D eigenvalue weighted by atomic mass is 10.1. The molecular formula is C23H23ClN2O4. The minimum Gasteiger partial charge on any atom is -0.493 e. The van der Waals surface area contributed by atoms with E-state index < -0.39 is 0 Å². The first-order valence-electron chi connectivity index (χ1n) is 9.55. The highest BCUT2D eigenvalue weighted by Crippen LogP contribution is 2.36. The van der Waals surface area contributed by atoms with Crippen LogP contribution in [-0.2, 0) is 6.61 Å². The van der Waals surface area contributed by atoms with Crippen molar-refractivity contribution in [1.82, 2.24) is 4.98 Å². The van der Waals surface area contributed by atoms with Crippen LogP contribution in [0.25, 0.3) is 0 Å². The maximum atomic E-state index is 12.7. The Hall–Kier alpha value is -3.25. The first-order chi connectivity index (χ1) is 14.6. The number of amides is 1. The fraction of sp³-hybridized carbons (Fsp3) is 0.217. The minimum atomic E-state index is -0.320. The normalized spacial score (nSPS) is 10.4. The number of carbonyl (C=O) groups excluding carboxylic acids is 1. The molecule has 0 unspecified atom stereocenters. The van der Waals surface area contributed by atoms with Crippen molar-refractivity contribution in [2.75, 3.05) is 19.0 Å². The quantitative estimate of drug-likeness (QED) is 0.498. The van der Waals surface area contributed by atoms with E-state index in [-0.39, 0.29) is 5.91 Å². The second-order valence-corrected chi connectivity index (χ2v) is 6.84. The van der Waals surface area contributed by atoms with Crippen LogP contribution in [0.2, 0.25) is 5.02 Å². The third-order valence-electron chi connectivity index (χ3n) is 4.15. The van der Waals surface area contributed by atoms with Crippen molar-refractivity contribution in [3.63, 3.8) is 0 Å². The fourth-order valence-electron chi connectivity index (χ4n) is 2.70. The van der Waals surface area contributed by atoms with Crippen molar-refractivity contribution in [2.24, 2.45) is 0 Å². The highest BCUT2D eigenvalue weighted by atomic mass is 35.5. The molecule has 1 aromatic heterocycles. The Bertz CT molecular complexity index is 996. The van der Waals surface area contributed by atoms with E-state index in [2.05, 4.69) is 10.3 Å². The molecule has 1 amide bonds. The largest absolute Gasteiger partial charge is 0.493 e. The van der Waals surface area contributed by atoms with Gasteiger partial charge in [-0.3, -0.25) is 9.78 Å². The second-order valence-electron chi connectivity index (χ2n) is 6.43. The molecule has 3 rings (SSSR count). The van der Waals surface area contributed by atoms with Crippen LogP contribution in [0.15, 0.2) is 60.8 Å². The highest BCUT2D eigenvalue weighted by Gasteiger charge is 2.16. The van der Waals surface area contributed by atoms with Crippen molar-refractivity contribution < 1.29 is 19.0 Å². The molecule has 30 heavy (non-hydrogen) atoms. The Kier molecular flexibility index (Phi) is 7.51. The van der Waals surface area contributed by atoms with Crippen molar-refractivity contribution in [3.8, 4) is 17.2 Å². The van der Waals surface area contributed by atoms with E-state index in [9.17, 15) is 4.79 Å². The summed E-state index contributed by atoms with van der Waals surface area (Å²) in [5.41, 5.74) is 1.78. The van der Waals surface area contributed by atoms with E-state index in [1.165, 1.54) is 7.11 Å². The van der Waals surface area contributed by atoms with E-state index in [0.29, 0.717) is 46.7 Å². The number of carbonyl (C=O) groups is 1. The van der Waals surface area contributed by atoms with Gasteiger partial charge in [-0.2, -0.15) is 0 Å². The summed E-state index contributed by atoms with van der Waals surface area (Å²) in [5, 5.41) is 3.17. The molecule has 2 aromatic carbocycles. The summed E-state index contributed by atoms with van der Waals surface area (Å²) >= 11 is 6.31. The molecule has 156 valence electrons. The van der Waals surface area contributed by atoms with Crippen molar-refractivity contribution in [2.45, 2.75) is 20.0 Å². The molecule has 0 saturated heterocycles. The van der Waals surface area contributed by atoms with Gasteiger partial charge in [0, 0.05) is 23.5 Å². The molecule has 3 aromatic rings. The number of hydrogen-bond donors (Lipinski definition) is 1. The maximum absolute atomic E-state index is 12.7. The van der Waals surface area contributed by atoms with Gasteiger partial charge in [0.25, 0.3) is 5.91 Å². The summed E-state index contributed by atoms with van der Waals surface area (Å²) in [6.45, 7) is 2.84. The van der Waals surface area contributed by atoms with Crippen LogP contribution in [0.5, 0.6) is 17.2 Å². The van der Waals surface area contributed by atoms with Crippen LogP contribution in [0, 0.1) is 0 Å². The van der Waals surface area contributed by atoms with Gasteiger partial charge in [-0.1, -0.05) is 30.7 Å². The molecule has 1 N–H and O–H groups in total. The van der Waals surface area contributed by atoms with E-state index in [1.807, 2.05) is 31.2 Å². The van der Waals surface area contributed by atoms with Gasteiger partial charge in [-0.25, -0.2) is 0 Å². The minimum absolute atomic E-state index is 0.320. The van der Waals surface area contributed by atoms with Gasteiger partial charge in [-0.05, 0) is 42.8 Å². The number of benzene rings is 2. The van der Waals surface area contributed by atoms with Gasteiger partial charge in [0.1, 0.15) is 12.4 Å². The predicted octanol–water partition coefficient (Wildman–Crippen LogP) is 5.36. The lowest BCUT2D eigenvalue weighted by molar-refractivity contribution is 0.102. The number of anilines is 1. The number of nitrogens with zero attached hydrogens (tertiary/aromatic N) is 1. The predicted molar refractivity (Wildman–Crippen MR) is 117 cm³/mol. The van der Waals surface area contributed by atoms with Gasteiger partial charge < -0.3 is 19.5 Å². The molecule has 6 nitrogen and oxygen atoms in total. The number of ether oxygens (including phenoxy) is 3. The van der Waals surface area contributed by atoms with Crippen LogP contribution in [0.3, 0.4) is 0 Å². The summed E-state index contributed by atoms with van der Waals surface area (Å²) in [5.74, 6) is 1.15. The first-order valence-corrected chi connectivity index (χ1v) is 9.93. The summed E-state index contributed by atoms with van der Waals surface area (Å²) < 4.78 is 16.7. The molecule has 0 spiro atoms. The van der Waals surface area contributed by atoms with Crippen LogP contribution in [-0.4, -0.2) is 24.6 Å². The van der Waals surface area contributed by atoms with Gasteiger partial charge >= 0.3 is 0 Å². The second kappa shape index (κ2) is 10.5. The molecule has 0 fully saturated rings. The number of aromatic nitrogens is 1. The number of nitrogens with one attached hydrogen (secondary N) is 1. The molecule has 7 heteroatoms. The molecule has 0 aliphatic carbocycles. The Morgan fingerprint density at radius 3 is 2.70 bits per heavy atom. The van der Waals surface area contributed by atoms with Gasteiger partial charge in [0.15, 0.2) is 11.5 Å². The molecule has 0 atom stereocenters. The molecule has 0 saturated carbocycles. The molecular weight excluding hydrogens is 404 g/mol. The van der Waals surface area contributed by atoms with Crippen molar-refractivity contribution in [3.05, 3.63) is 77.1 Å². The van der Waals surface area contributed by atoms with Crippen LogP contribution in [0.1, 0.15) is 29.4 Å². The Balaban J connectivity index is 1.70. The zero-order chi connectivity index (χ0) is 21.3. The number of rotatable bonds is 9. The van der Waals surface area contributed by atoms with E-state index in [0.717, 1.165) is 12.1 Å². The molecule has 0 aliphatic rings. The molecule has 0 bridgehead atoms. The van der Waals surface area contributed by atoms with Crippen molar-refractivity contribution in [1.29, 1.82) is 0 Å². The summed E-state index contributed by atoms with van der Waals surface area (Å²) in [4.78, 5) is 17.0. The lowest BCUT2D eigenvalue weighted by Crippen LogP contribution is -2.12. The van der Waals surface area contributed by atoms with Crippen LogP contribution < -0.4 is 19.5 Å². The van der Waals surface area contributed by atoms with E-state index >= 15 is 0 Å². The van der Waals surface area contributed by atoms with Crippen LogP contribution in [0.4, 0.5) is 5.69 Å². The van der Waals surface area contributed by atoms with Gasteiger partial charge in [0.2, 0.25) is 0 Å².